The number of carbonyl (C=O) groups is 1. The molecule has 0 saturated heterocycles. The van der Waals surface area contributed by atoms with E-state index in [0.717, 1.165) is 0 Å². The first-order valence-electron chi connectivity index (χ1n) is 3.85. The van der Waals surface area contributed by atoms with Gasteiger partial charge in [0.1, 0.15) is 10.7 Å². The minimum Gasteiger partial charge on any atom is -0.476 e. The molecule has 0 aliphatic rings. The van der Waals surface area contributed by atoms with Crippen molar-refractivity contribution in [2.45, 2.75) is 0 Å². The maximum Gasteiger partial charge on any atom is 0.355 e. The molecular formula is C8H4ClN3O2S. The number of hydrogen-bond acceptors (Lipinski definition) is 5. The van der Waals surface area contributed by atoms with Gasteiger partial charge in [0.25, 0.3) is 0 Å². The van der Waals surface area contributed by atoms with Crippen molar-refractivity contribution < 1.29 is 9.90 Å². The average Bonchev–Trinajstić information content (AvgIpc) is 2.68. The molecule has 0 bridgehead atoms. The first kappa shape index (κ1) is 10.0. The Labute approximate surface area is 93.4 Å². The molecule has 2 rings (SSSR count). The Hall–Kier alpha value is -1.53. The van der Waals surface area contributed by atoms with E-state index in [-0.39, 0.29) is 10.8 Å². The van der Waals surface area contributed by atoms with Crippen LogP contribution in [0.5, 0.6) is 0 Å². The van der Waals surface area contributed by atoms with E-state index in [4.69, 9.17) is 16.7 Å². The SMILES string of the molecule is O=C(O)c1csc(-c2ccc(Cl)nn2)n1. The van der Waals surface area contributed by atoms with E-state index in [0.29, 0.717) is 10.7 Å². The van der Waals surface area contributed by atoms with Gasteiger partial charge in [0.2, 0.25) is 0 Å². The maximum atomic E-state index is 10.6. The van der Waals surface area contributed by atoms with Crippen LogP contribution >= 0.6 is 22.9 Å². The molecule has 15 heavy (non-hydrogen) atoms. The maximum absolute atomic E-state index is 10.6. The van der Waals surface area contributed by atoms with E-state index < -0.39 is 5.97 Å². The molecule has 0 aliphatic heterocycles. The molecule has 0 spiro atoms. The fraction of sp³-hybridized carbons (Fsp3) is 0. The zero-order valence-corrected chi connectivity index (χ0v) is 8.79. The fourth-order valence-electron chi connectivity index (χ4n) is 0.920. The summed E-state index contributed by atoms with van der Waals surface area (Å²) < 4.78 is 0. The highest BCUT2D eigenvalue weighted by molar-refractivity contribution is 7.13. The highest BCUT2D eigenvalue weighted by Crippen LogP contribution is 2.21. The van der Waals surface area contributed by atoms with Gasteiger partial charge in [0.05, 0.1) is 0 Å². The molecule has 0 atom stereocenters. The van der Waals surface area contributed by atoms with Gasteiger partial charge in [0.15, 0.2) is 10.8 Å². The van der Waals surface area contributed by atoms with Crippen LogP contribution in [0.2, 0.25) is 5.15 Å². The monoisotopic (exact) mass is 241 g/mol. The van der Waals surface area contributed by atoms with Crippen LogP contribution in [-0.4, -0.2) is 26.3 Å². The van der Waals surface area contributed by atoms with Crippen molar-refractivity contribution in [3.8, 4) is 10.7 Å². The summed E-state index contributed by atoms with van der Waals surface area (Å²) in [6.45, 7) is 0. The zero-order valence-electron chi connectivity index (χ0n) is 7.22. The molecule has 2 aromatic heterocycles. The number of aromatic carboxylic acids is 1. The summed E-state index contributed by atoms with van der Waals surface area (Å²) in [6.07, 6.45) is 0. The van der Waals surface area contributed by atoms with Crippen LogP contribution in [-0.2, 0) is 0 Å². The number of carboxylic acid groups (broad SMARTS) is 1. The second-order valence-electron chi connectivity index (χ2n) is 2.58. The van der Waals surface area contributed by atoms with Crippen LogP contribution in [0.25, 0.3) is 10.7 Å². The van der Waals surface area contributed by atoms with E-state index in [2.05, 4.69) is 15.2 Å². The summed E-state index contributed by atoms with van der Waals surface area (Å²) in [7, 11) is 0. The summed E-state index contributed by atoms with van der Waals surface area (Å²) in [5.74, 6) is -1.06. The number of rotatable bonds is 2. The Morgan fingerprint density at radius 2 is 2.20 bits per heavy atom. The largest absolute Gasteiger partial charge is 0.476 e. The summed E-state index contributed by atoms with van der Waals surface area (Å²) in [4.78, 5) is 14.5. The van der Waals surface area contributed by atoms with Crippen LogP contribution in [0.3, 0.4) is 0 Å². The highest BCUT2D eigenvalue weighted by Gasteiger charge is 2.10. The van der Waals surface area contributed by atoms with Crippen LogP contribution in [0.4, 0.5) is 0 Å². The molecule has 1 N–H and O–H groups in total. The highest BCUT2D eigenvalue weighted by atomic mass is 35.5. The van der Waals surface area contributed by atoms with E-state index in [1.54, 1.807) is 12.1 Å². The molecule has 0 amide bonds. The number of halogens is 1. The van der Waals surface area contributed by atoms with Crippen molar-refractivity contribution in [3.05, 3.63) is 28.4 Å². The molecule has 0 fully saturated rings. The minimum absolute atomic E-state index is 0.00625. The van der Waals surface area contributed by atoms with E-state index in [1.807, 2.05) is 0 Å². The summed E-state index contributed by atoms with van der Waals surface area (Å²) in [5, 5.41) is 18.4. The summed E-state index contributed by atoms with van der Waals surface area (Å²) >= 11 is 6.77. The van der Waals surface area contributed by atoms with Gasteiger partial charge >= 0.3 is 5.97 Å². The molecule has 0 aliphatic carbocycles. The van der Waals surface area contributed by atoms with Crippen molar-refractivity contribution in [1.82, 2.24) is 15.2 Å². The van der Waals surface area contributed by atoms with Crippen molar-refractivity contribution in [2.24, 2.45) is 0 Å². The lowest BCUT2D eigenvalue weighted by Gasteiger charge is -1.92. The lowest BCUT2D eigenvalue weighted by Crippen LogP contribution is -1.96. The first-order valence-corrected chi connectivity index (χ1v) is 5.11. The number of hydrogen-bond donors (Lipinski definition) is 1. The van der Waals surface area contributed by atoms with Gasteiger partial charge in [-0.1, -0.05) is 11.6 Å². The Bertz CT molecular complexity index is 497. The van der Waals surface area contributed by atoms with Gasteiger partial charge in [-0.15, -0.1) is 21.5 Å². The Morgan fingerprint density at radius 1 is 1.40 bits per heavy atom. The molecular weight excluding hydrogens is 238 g/mol. The third-order valence-corrected chi connectivity index (χ3v) is 2.64. The second-order valence-corrected chi connectivity index (χ2v) is 3.83. The molecule has 0 saturated carbocycles. The van der Waals surface area contributed by atoms with Crippen molar-refractivity contribution in [1.29, 1.82) is 0 Å². The number of thiazole rings is 1. The third-order valence-electron chi connectivity index (χ3n) is 1.57. The van der Waals surface area contributed by atoms with Crippen LogP contribution in [0.15, 0.2) is 17.5 Å². The molecule has 0 unspecified atom stereocenters. The predicted molar refractivity (Wildman–Crippen MR) is 55.1 cm³/mol. The topological polar surface area (TPSA) is 76.0 Å². The number of aromatic nitrogens is 3. The quantitative estimate of drug-likeness (QED) is 0.870. The molecule has 5 nitrogen and oxygen atoms in total. The molecule has 76 valence electrons. The molecule has 0 radical (unpaired) electrons. The first-order chi connectivity index (χ1) is 7.16. The Morgan fingerprint density at radius 3 is 2.73 bits per heavy atom. The number of carboxylic acids is 1. The van der Waals surface area contributed by atoms with Crippen LogP contribution < -0.4 is 0 Å². The normalized spacial score (nSPS) is 10.2. The lowest BCUT2D eigenvalue weighted by atomic mass is 10.4. The van der Waals surface area contributed by atoms with Gasteiger partial charge in [0, 0.05) is 5.38 Å². The van der Waals surface area contributed by atoms with E-state index in [9.17, 15) is 4.79 Å². The van der Waals surface area contributed by atoms with Gasteiger partial charge in [-0.05, 0) is 12.1 Å². The van der Waals surface area contributed by atoms with Gasteiger partial charge in [-0.25, -0.2) is 9.78 Å². The van der Waals surface area contributed by atoms with Gasteiger partial charge in [-0.2, -0.15) is 0 Å². The van der Waals surface area contributed by atoms with E-state index >= 15 is 0 Å². The molecule has 2 heterocycles. The summed E-state index contributed by atoms with van der Waals surface area (Å²) in [5.41, 5.74) is 0.517. The van der Waals surface area contributed by atoms with Gasteiger partial charge < -0.3 is 5.11 Å². The zero-order chi connectivity index (χ0) is 10.8. The van der Waals surface area contributed by atoms with Crippen molar-refractivity contribution >= 4 is 28.9 Å². The Kier molecular flexibility index (Phi) is 2.61. The van der Waals surface area contributed by atoms with E-state index in [1.165, 1.54) is 16.7 Å². The smallest absolute Gasteiger partial charge is 0.355 e. The molecule has 0 aromatic carbocycles. The Balaban J connectivity index is 2.37. The minimum atomic E-state index is -1.06. The molecule has 7 heteroatoms. The third kappa shape index (κ3) is 2.11. The standard InChI is InChI=1S/C8H4ClN3O2S/c9-6-2-1-4(11-12-6)7-10-5(3-15-7)8(13)14/h1-3H,(H,13,14). The van der Waals surface area contributed by atoms with Crippen LogP contribution in [0, 0.1) is 0 Å². The van der Waals surface area contributed by atoms with Gasteiger partial charge in [-0.3, -0.25) is 0 Å². The molecule has 2 aromatic rings. The lowest BCUT2D eigenvalue weighted by molar-refractivity contribution is 0.0691. The average molecular weight is 242 g/mol. The van der Waals surface area contributed by atoms with Crippen LogP contribution in [0.1, 0.15) is 10.5 Å². The van der Waals surface area contributed by atoms with Crippen molar-refractivity contribution in [3.63, 3.8) is 0 Å². The number of nitrogens with zero attached hydrogens (tertiary/aromatic N) is 3. The fourth-order valence-corrected chi connectivity index (χ4v) is 1.78. The summed E-state index contributed by atoms with van der Waals surface area (Å²) in [6, 6.07) is 3.21. The predicted octanol–water partition coefficient (Wildman–Crippen LogP) is 1.95. The second kappa shape index (κ2) is 3.92. The van der Waals surface area contributed by atoms with Crippen molar-refractivity contribution in [2.75, 3.05) is 0 Å².